The molecule has 0 aliphatic carbocycles. The van der Waals surface area contributed by atoms with Gasteiger partial charge in [-0.1, -0.05) is 11.8 Å². The van der Waals surface area contributed by atoms with Crippen molar-refractivity contribution in [2.45, 2.75) is 19.9 Å². The number of aliphatic hydroxyl groups excluding tert-OH is 1. The number of likely N-dealkylation sites (N-methyl/N-ethyl adjacent to an activating group) is 2. The second-order valence-electron chi connectivity index (χ2n) is 9.74. The minimum Gasteiger partial charge on any atom is -0.457 e. The minimum absolute atomic E-state index is 0.213. The Morgan fingerprint density at radius 1 is 1.19 bits per heavy atom. The zero-order chi connectivity index (χ0) is 29.8. The van der Waals surface area contributed by atoms with Crippen LogP contribution in [0.2, 0.25) is 0 Å². The van der Waals surface area contributed by atoms with Gasteiger partial charge in [-0.25, -0.2) is 24.6 Å². The molecule has 0 fully saturated rings. The number of rotatable bonds is 11. The highest BCUT2D eigenvalue weighted by Gasteiger charge is 2.23. The Hall–Kier alpha value is -5.17. The summed E-state index contributed by atoms with van der Waals surface area (Å²) in [6.45, 7) is 7.91. The highest BCUT2D eigenvalue weighted by molar-refractivity contribution is 5.88. The standard InChI is InChI=1S/C29H32N10O3/c1-6-26(41)39(7-2)20(16-40)15-37(4)29-30-14-23-27(34-29)28(32-17-31-23)33-19-8-11-25(18(3)12-19)42-21-9-10-24-22(13-21)35-36-38(24)5/h6,8-14,17,20,40H,1,7,15-16H2,2-5H3,(H,31,32,33). The molecule has 5 rings (SSSR count). The van der Waals surface area contributed by atoms with Crippen LogP contribution in [0.3, 0.4) is 0 Å². The zero-order valence-electron chi connectivity index (χ0n) is 23.9. The first-order valence-corrected chi connectivity index (χ1v) is 13.4. The van der Waals surface area contributed by atoms with Crippen molar-refractivity contribution >= 4 is 45.4 Å². The van der Waals surface area contributed by atoms with Gasteiger partial charge in [0.15, 0.2) is 5.82 Å². The van der Waals surface area contributed by atoms with Crippen LogP contribution >= 0.6 is 0 Å². The lowest BCUT2D eigenvalue weighted by Crippen LogP contribution is -2.48. The molecule has 0 saturated carbocycles. The quantitative estimate of drug-likeness (QED) is 0.226. The van der Waals surface area contributed by atoms with E-state index in [-0.39, 0.29) is 12.5 Å². The Morgan fingerprint density at radius 2 is 2.02 bits per heavy atom. The summed E-state index contributed by atoms with van der Waals surface area (Å²) < 4.78 is 7.84. The normalized spacial score (nSPS) is 11.8. The number of hydrogen-bond donors (Lipinski definition) is 2. The number of ether oxygens (including phenoxy) is 1. The van der Waals surface area contributed by atoms with Crippen molar-refractivity contribution < 1.29 is 14.6 Å². The van der Waals surface area contributed by atoms with Gasteiger partial charge in [0.25, 0.3) is 0 Å². The maximum absolute atomic E-state index is 12.2. The van der Waals surface area contributed by atoms with Crippen molar-refractivity contribution in [1.29, 1.82) is 0 Å². The van der Waals surface area contributed by atoms with Gasteiger partial charge in [0.1, 0.15) is 34.4 Å². The fraction of sp³-hybridized carbons (Fsp3) is 0.276. The predicted molar refractivity (Wildman–Crippen MR) is 160 cm³/mol. The molecule has 1 atom stereocenters. The number of nitrogens with zero attached hydrogens (tertiary/aromatic N) is 9. The molecule has 216 valence electrons. The summed E-state index contributed by atoms with van der Waals surface area (Å²) in [4.78, 5) is 33.5. The number of hydrogen-bond acceptors (Lipinski definition) is 11. The lowest BCUT2D eigenvalue weighted by molar-refractivity contribution is -0.128. The first-order chi connectivity index (χ1) is 20.3. The van der Waals surface area contributed by atoms with E-state index in [9.17, 15) is 9.90 Å². The van der Waals surface area contributed by atoms with E-state index < -0.39 is 6.04 Å². The largest absolute Gasteiger partial charge is 0.457 e. The molecule has 42 heavy (non-hydrogen) atoms. The van der Waals surface area contributed by atoms with Crippen molar-refractivity contribution in [3.05, 3.63) is 67.1 Å². The van der Waals surface area contributed by atoms with Crippen molar-refractivity contribution in [2.24, 2.45) is 7.05 Å². The first-order valence-electron chi connectivity index (χ1n) is 13.4. The SMILES string of the molecule is C=CC(=O)N(CC)C(CO)CN(C)c1ncc2ncnc(Nc3ccc(Oc4ccc5c(c4)nnn5C)c(C)c3)c2n1. The summed E-state index contributed by atoms with van der Waals surface area (Å²) in [5, 5.41) is 21.5. The van der Waals surface area contributed by atoms with Gasteiger partial charge in [0.2, 0.25) is 11.9 Å². The Labute approximate surface area is 242 Å². The van der Waals surface area contributed by atoms with Gasteiger partial charge >= 0.3 is 0 Å². The molecule has 0 radical (unpaired) electrons. The molecular weight excluding hydrogens is 536 g/mol. The molecule has 13 nitrogen and oxygen atoms in total. The van der Waals surface area contributed by atoms with Crippen LogP contribution < -0.4 is 15.0 Å². The fourth-order valence-electron chi connectivity index (χ4n) is 4.67. The molecule has 1 amide bonds. The van der Waals surface area contributed by atoms with Gasteiger partial charge in [0, 0.05) is 38.9 Å². The third kappa shape index (κ3) is 5.81. The van der Waals surface area contributed by atoms with E-state index in [2.05, 4.69) is 37.2 Å². The van der Waals surface area contributed by atoms with Crippen molar-refractivity contribution in [3.8, 4) is 11.5 Å². The van der Waals surface area contributed by atoms with E-state index in [1.807, 2.05) is 57.3 Å². The Bertz CT molecular complexity index is 1760. The third-order valence-corrected chi connectivity index (χ3v) is 6.89. The summed E-state index contributed by atoms with van der Waals surface area (Å²) in [6, 6.07) is 10.9. The number of nitrogens with one attached hydrogen (secondary N) is 1. The summed E-state index contributed by atoms with van der Waals surface area (Å²) >= 11 is 0. The molecule has 2 aromatic carbocycles. The summed E-state index contributed by atoms with van der Waals surface area (Å²) in [6.07, 6.45) is 4.32. The van der Waals surface area contributed by atoms with Crippen molar-refractivity contribution in [3.63, 3.8) is 0 Å². The van der Waals surface area contributed by atoms with Crippen LogP contribution in [0.15, 0.2) is 61.6 Å². The molecule has 0 saturated heterocycles. The highest BCUT2D eigenvalue weighted by Crippen LogP contribution is 2.30. The Balaban J connectivity index is 1.35. The third-order valence-electron chi connectivity index (χ3n) is 6.89. The highest BCUT2D eigenvalue weighted by atomic mass is 16.5. The minimum atomic E-state index is -0.458. The molecule has 5 aromatic rings. The molecular formula is C29H32N10O3. The van der Waals surface area contributed by atoms with Gasteiger partial charge in [-0.3, -0.25) is 4.79 Å². The molecule has 0 bridgehead atoms. The average molecular weight is 569 g/mol. The molecule has 3 heterocycles. The first kappa shape index (κ1) is 28.4. The van der Waals surface area contributed by atoms with Crippen LogP contribution in [0.5, 0.6) is 11.5 Å². The number of carbonyl (C=O) groups excluding carboxylic acids is 1. The number of aliphatic hydroxyl groups is 1. The lowest BCUT2D eigenvalue weighted by Gasteiger charge is -2.31. The van der Waals surface area contributed by atoms with Gasteiger partial charge < -0.3 is 25.0 Å². The van der Waals surface area contributed by atoms with E-state index in [0.29, 0.717) is 47.4 Å². The monoisotopic (exact) mass is 568 g/mol. The van der Waals surface area contributed by atoms with Crippen molar-refractivity contribution in [1.82, 2.24) is 39.8 Å². The Kier molecular flexibility index (Phi) is 8.20. The van der Waals surface area contributed by atoms with Crippen LogP contribution in [0, 0.1) is 6.92 Å². The van der Waals surface area contributed by atoms with Gasteiger partial charge in [-0.2, -0.15) is 0 Å². The van der Waals surface area contributed by atoms with Gasteiger partial charge in [-0.15, -0.1) is 5.10 Å². The maximum atomic E-state index is 12.2. The zero-order valence-corrected chi connectivity index (χ0v) is 23.9. The molecule has 13 heteroatoms. The van der Waals surface area contributed by atoms with Gasteiger partial charge in [0.05, 0.1) is 24.4 Å². The second-order valence-corrected chi connectivity index (χ2v) is 9.74. The van der Waals surface area contributed by atoms with E-state index in [1.165, 1.54) is 12.4 Å². The number of carbonyl (C=O) groups is 1. The molecule has 0 spiro atoms. The Morgan fingerprint density at radius 3 is 2.76 bits per heavy atom. The van der Waals surface area contributed by atoms with Crippen LogP contribution in [0.25, 0.3) is 22.1 Å². The number of aryl methyl sites for hydroxylation is 2. The number of benzene rings is 2. The summed E-state index contributed by atoms with van der Waals surface area (Å²) in [5.41, 5.74) is 4.48. The fourth-order valence-corrected chi connectivity index (χ4v) is 4.67. The van der Waals surface area contributed by atoms with Crippen molar-refractivity contribution in [2.75, 3.05) is 37.0 Å². The van der Waals surface area contributed by atoms with E-state index in [1.54, 1.807) is 27.7 Å². The number of amides is 1. The summed E-state index contributed by atoms with van der Waals surface area (Å²) in [7, 11) is 3.65. The molecule has 2 N–H and O–H groups in total. The smallest absolute Gasteiger partial charge is 0.246 e. The molecule has 3 aromatic heterocycles. The maximum Gasteiger partial charge on any atom is 0.246 e. The van der Waals surface area contributed by atoms with E-state index >= 15 is 0 Å². The van der Waals surface area contributed by atoms with Crippen LogP contribution in [-0.2, 0) is 11.8 Å². The average Bonchev–Trinajstić information content (AvgIpc) is 3.37. The molecule has 0 aliphatic rings. The predicted octanol–water partition coefficient (Wildman–Crippen LogP) is 3.38. The van der Waals surface area contributed by atoms with Crippen LogP contribution in [0.1, 0.15) is 12.5 Å². The number of anilines is 3. The molecule has 0 aliphatic heterocycles. The number of fused-ring (bicyclic) bond motifs is 2. The lowest BCUT2D eigenvalue weighted by atomic mass is 10.2. The second kappa shape index (κ2) is 12.1. The van der Waals surface area contributed by atoms with E-state index in [4.69, 9.17) is 9.72 Å². The molecule has 1 unspecified atom stereocenters. The van der Waals surface area contributed by atoms with Gasteiger partial charge in [-0.05, 0) is 55.8 Å². The van der Waals surface area contributed by atoms with E-state index in [0.717, 1.165) is 22.3 Å². The summed E-state index contributed by atoms with van der Waals surface area (Å²) in [5.74, 6) is 2.04. The van der Waals surface area contributed by atoms with Crippen LogP contribution in [-0.4, -0.2) is 83.6 Å². The van der Waals surface area contributed by atoms with Crippen LogP contribution in [0.4, 0.5) is 17.5 Å². The number of aromatic nitrogens is 7. The topological polar surface area (TPSA) is 147 Å².